The van der Waals surface area contributed by atoms with Crippen LogP contribution in [0.5, 0.6) is 5.75 Å². The van der Waals surface area contributed by atoms with E-state index in [0.717, 1.165) is 32.0 Å². The van der Waals surface area contributed by atoms with Crippen LogP contribution in [0.15, 0.2) is 54.6 Å². The topological polar surface area (TPSA) is 38.8 Å². The summed E-state index contributed by atoms with van der Waals surface area (Å²) in [7, 11) is 1.40. The van der Waals surface area contributed by atoms with Crippen molar-refractivity contribution in [2.75, 3.05) is 26.8 Å². The van der Waals surface area contributed by atoms with Gasteiger partial charge in [-0.05, 0) is 49.2 Å². The molecule has 0 radical (unpaired) electrons. The van der Waals surface area contributed by atoms with Crippen LogP contribution in [0, 0.1) is 5.92 Å². The first-order valence-corrected chi connectivity index (χ1v) is 8.82. The molecule has 132 valence electrons. The number of hydrogen-bond donors (Lipinski definition) is 0. The van der Waals surface area contributed by atoms with Crippen LogP contribution in [-0.4, -0.2) is 37.7 Å². The number of rotatable bonds is 6. The van der Waals surface area contributed by atoms with Crippen LogP contribution in [0.2, 0.25) is 0 Å². The third kappa shape index (κ3) is 5.07. The molecule has 1 saturated heterocycles. The number of esters is 1. The molecule has 0 N–H and O–H groups in total. The Morgan fingerprint density at radius 3 is 2.60 bits per heavy atom. The Hall–Kier alpha value is -2.33. The first kappa shape index (κ1) is 17.5. The fourth-order valence-corrected chi connectivity index (χ4v) is 3.28. The number of piperidine rings is 1. The van der Waals surface area contributed by atoms with Gasteiger partial charge in [0.1, 0.15) is 5.75 Å². The molecule has 1 fully saturated rings. The molecule has 1 atom stereocenters. The monoisotopic (exact) mass is 339 g/mol. The molecule has 0 amide bonds. The van der Waals surface area contributed by atoms with Crippen LogP contribution in [0.1, 0.15) is 28.8 Å². The van der Waals surface area contributed by atoms with Crippen LogP contribution in [-0.2, 0) is 11.3 Å². The van der Waals surface area contributed by atoms with Crippen LogP contribution in [0.4, 0.5) is 0 Å². The number of ether oxygens (including phenoxy) is 2. The van der Waals surface area contributed by atoms with Gasteiger partial charge in [0.25, 0.3) is 0 Å². The number of likely N-dealkylation sites (tertiary alicyclic amines) is 1. The molecule has 2 aromatic rings. The molecule has 0 saturated carbocycles. The van der Waals surface area contributed by atoms with Gasteiger partial charge in [0.05, 0.1) is 19.3 Å². The molecule has 2 aromatic carbocycles. The Bertz CT molecular complexity index is 669. The molecule has 0 aromatic heterocycles. The number of carbonyl (C=O) groups excluding carboxylic acids is 1. The quantitative estimate of drug-likeness (QED) is 0.751. The molecular formula is C21H25NO3. The zero-order chi connectivity index (χ0) is 17.5. The van der Waals surface area contributed by atoms with Gasteiger partial charge in [0.15, 0.2) is 0 Å². The minimum absolute atomic E-state index is 0.289. The Kier molecular flexibility index (Phi) is 6.07. The number of nitrogens with zero attached hydrogens (tertiary/aromatic N) is 1. The van der Waals surface area contributed by atoms with Crippen LogP contribution in [0.3, 0.4) is 0 Å². The first-order valence-electron chi connectivity index (χ1n) is 8.82. The number of hydrogen-bond acceptors (Lipinski definition) is 4. The average Bonchev–Trinajstić information content (AvgIpc) is 2.67. The molecule has 0 bridgehead atoms. The molecule has 1 aliphatic rings. The van der Waals surface area contributed by atoms with E-state index in [-0.39, 0.29) is 5.97 Å². The van der Waals surface area contributed by atoms with Crippen LogP contribution in [0.25, 0.3) is 0 Å². The standard InChI is InChI=1S/C21H25NO3/c1-24-21(23)19-11-9-17(10-12-19)14-22-13-5-6-18(15-22)16-25-20-7-3-2-4-8-20/h2-4,7-12,18H,5-6,13-16H2,1H3. The highest BCUT2D eigenvalue weighted by Crippen LogP contribution is 2.20. The van der Waals surface area contributed by atoms with Crippen molar-refractivity contribution < 1.29 is 14.3 Å². The number of para-hydroxylation sites is 1. The highest BCUT2D eigenvalue weighted by Gasteiger charge is 2.20. The maximum absolute atomic E-state index is 11.5. The molecule has 1 heterocycles. The summed E-state index contributed by atoms with van der Waals surface area (Å²) in [4.78, 5) is 14.0. The van der Waals surface area contributed by atoms with Gasteiger partial charge in [-0.15, -0.1) is 0 Å². The zero-order valence-electron chi connectivity index (χ0n) is 14.7. The van der Waals surface area contributed by atoms with Gasteiger partial charge < -0.3 is 9.47 Å². The Morgan fingerprint density at radius 1 is 1.12 bits per heavy atom. The van der Waals surface area contributed by atoms with Gasteiger partial charge in [0.2, 0.25) is 0 Å². The van der Waals surface area contributed by atoms with Crippen molar-refractivity contribution in [1.82, 2.24) is 4.90 Å². The summed E-state index contributed by atoms with van der Waals surface area (Å²) in [6, 6.07) is 17.7. The summed E-state index contributed by atoms with van der Waals surface area (Å²) < 4.78 is 10.7. The summed E-state index contributed by atoms with van der Waals surface area (Å²) in [6.07, 6.45) is 2.41. The van der Waals surface area contributed by atoms with E-state index in [0.29, 0.717) is 11.5 Å². The summed E-state index contributed by atoms with van der Waals surface area (Å²) in [6.45, 7) is 3.83. The minimum atomic E-state index is -0.289. The maximum Gasteiger partial charge on any atom is 0.337 e. The van der Waals surface area contributed by atoms with E-state index in [4.69, 9.17) is 9.47 Å². The van der Waals surface area contributed by atoms with Crippen LogP contribution >= 0.6 is 0 Å². The van der Waals surface area contributed by atoms with Gasteiger partial charge in [-0.1, -0.05) is 30.3 Å². The molecule has 0 spiro atoms. The summed E-state index contributed by atoms with van der Waals surface area (Å²) >= 11 is 0. The van der Waals surface area contributed by atoms with Gasteiger partial charge in [-0.25, -0.2) is 4.79 Å². The highest BCUT2D eigenvalue weighted by atomic mass is 16.5. The van der Waals surface area contributed by atoms with Gasteiger partial charge in [0, 0.05) is 19.0 Å². The highest BCUT2D eigenvalue weighted by molar-refractivity contribution is 5.89. The summed E-state index contributed by atoms with van der Waals surface area (Å²) in [5.41, 5.74) is 1.82. The minimum Gasteiger partial charge on any atom is -0.493 e. The van der Waals surface area contributed by atoms with Crippen molar-refractivity contribution in [2.45, 2.75) is 19.4 Å². The molecule has 4 heteroatoms. The third-order valence-corrected chi connectivity index (χ3v) is 4.61. The average molecular weight is 339 g/mol. The predicted octanol–water partition coefficient (Wildman–Crippen LogP) is 3.76. The van der Waals surface area contributed by atoms with E-state index in [9.17, 15) is 4.79 Å². The van der Waals surface area contributed by atoms with E-state index in [1.807, 2.05) is 54.6 Å². The first-order chi connectivity index (χ1) is 12.2. The fourth-order valence-electron chi connectivity index (χ4n) is 3.28. The summed E-state index contributed by atoms with van der Waals surface area (Å²) in [5, 5.41) is 0. The van der Waals surface area contributed by atoms with Gasteiger partial charge in [-0.3, -0.25) is 4.90 Å². The van der Waals surface area contributed by atoms with E-state index < -0.39 is 0 Å². The molecule has 1 aliphatic heterocycles. The number of benzene rings is 2. The SMILES string of the molecule is COC(=O)c1ccc(CN2CCCC(COc3ccccc3)C2)cc1. The smallest absolute Gasteiger partial charge is 0.337 e. The second kappa shape index (κ2) is 8.67. The Balaban J connectivity index is 1.50. The molecule has 1 unspecified atom stereocenters. The lowest BCUT2D eigenvalue weighted by Gasteiger charge is -2.32. The lowest BCUT2D eigenvalue weighted by atomic mass is 9.98. The molecule has 4 nitrogen and oxygen atoms in total. The van der Waals surface area contributed by atoms with E-state index in [2.05, 4.69) is 4.90 Å². The fraction of sp³-hybridized carbons (Fsp3) is 0.381. The number of carbonyl (C=O) groups is 1. The van der Waals surface area contributed by atoms with Gasteiger partial charge in [-0.2, -0.15) is 0 Å². The van der Waals surface area contributed by atoms with Crippen molar-refractivity contribution >= 4 is 5.97 Å². The van der Waals surface area contributed by atoms with E-state index in [1.165, 1.54) is 25.5 Å². The second-order valence-electron chi connectivity index (χ2n) is 6.56. The lowest BCUT2D eigenvalue weighted by molar-refractivity contribution is 0.0600. The molecular weight excluding hydrogens is 314 g/mol. The van der Waals surface area contributed by atoms with Crippen molar-refractivity contribution in [3.63, 3.8) is 0 Å². The predicted molar refractivity (Wildman–Crippen MR) is 97.7 cm³/mol. The van der Waals surface area contributed by atoms with Crippen LogP contribution < -0.4 is 4.74 Å². The summed E-state index contributed by atoms with van der Waals surface area (Å²) in [5.74, 6) is 1.21. The van der Waals surface area contributed by atoms with Crippen molar-refractivity contribution in [3.8, 4) is 5.75 Å². The lowest BCUT2D eigenvalue weighted by Crippen LogP contribution is -2.37. The Morgan fingerprint density at radius 2 is 1.88 bits per heavy atom. The molecule has 3 rings (SSSR count). The molecule has 0 aliphatic carbocycles. The van der Waals surface area contributed by atoms with Gasteiger partial charge >= 0.3 is 5.97 Å². The number of methoxy groups -OCH3 is 1. The zero-order valence-corrected chi connectivity index (χ0v) is 14.7. The normalized spacial score (nSPS) is 17.9. The maximum atomic E-state index is 11.5. The van der Waals surface area contributed by atoms with E-state index >= 15 is 0 Å². The largest absolute Gasteiger partial charge is 0.493 e. The van der Waals surface area contributed by atoms with Crippen molar-refractivity contribution in [2.24, 2.45) is 5.92 Å². The van der Waals surface area contributed by atoms with Crippen molar-refractivity contribution in [1.29, 1.82) is 0 Å². The Labute approximate surface area is 149 Å². The molecule has 25 heavy (non-hydrogen) atoms. The second-order valence-corrected chi connectivity index (χ2v) is 6.56. The van der Waals surface area contributed by atoms with Crippen molar-refractivity contribution in [3.05, 3.63) is 65.7 Å². The third-order valence-electron chi connectivity index (χ3n) is 4.61. The van der Waals surface area contributed by atoms with E-state index in [1.54, 1.807) is 0 Å².